The van der Waals surface area contributed by atoms with Crippen molar-refractivity contribution in [3.05, 3.63) is 69.6 Å². The maximum Gasteiger partial charge on any atom is 0.192 e. The van der Waals surface area contributed by atoms with E-state index in [4.69, 9.17) is 16.9 Å². The molecular weight excluding hydrogens is 322 g/mol. The summed E-state index contributed by atoms with van der Waals surface area (Å²) in [6, 6.07) is 14.3. The number of sulfone groups is 1. The van der Waals surface area contributed by atoms with Crippen molar-refractivity contribution in [1.29, 1.82) is 5.26 Å². The van der Waals surface area contributed by atoms with Crippen molar-refractivity contribution in [2.45, 2.75) is 5.75 Å². The fraction of sp³-hybridized carbons (Fsp3) is 0.0625. The van der Waals surface area contributed by atoms with Crippen molar-refractivity contribution < 1.29 is 13.5 Å². The number of nitrogens with zero attached hydrogens (tertiary/aromatic N) is 1. The highest BCUT2D eigenvalue weighted by atomic mass is 35.5. The number of hydrogen-bond acceptors (Lipinski definition) is 4. The van der Waals surface area contributed by atoms with Gasteiger partial charge in [0.1, 0.15) is 16.7 Å². The third-order valence-electron chi connectivity index (χ3n) is 2.94. The molecule has 112 valence electrons. The van der Waals surface area contributed by atoms with Crippen molar-refractivity contribution >= 4 is 27.5 Å². The minimum absolute atomic E-state index is 0.0862. The van der Waals surface area contributed by atoms with Gasteiger partial charge < -0.3 is 5.11 Å². The van der Waals surface area contributed by atoms with Crippen LogP contribution in [0.2, 0.25) is 5.02 Å². The van der Waals surface area contributed by atoms with Crippen molar-refractivity contribution in [2.24, 2.45) is 0 Å². The van der Waals surface area contributed by atoms with E-state index < -0.39 is 14.7 Å². The molecule has 0 amide bonds. The SMILES string of the molecule is N#C/C(=C/c1ccccc1O)S(=O)(=O)Cc1ccc(Cl)cc1. The van der Waals surface area contributed by atoms with Gasteiger partial charge in [-0.3, -0.25) is 0 Å². The first-order valence-electron chi connectivity index (χ1n) is 6.29. The van der Waals surface area contributed by atoms with Gasteiger partial charge in [0.25, 0.3) is 0 Å². The van der Waals surface area contributed by atoms with Crippen LogP contribution in [-0.4, -0.2) is 13.5 Å². The highest BCUT2D eigenvalue weighted by molar-refractivity contribution is 7.95. The summed E-state index contributed by atoms with van der Waals surface area (Å²) in [6.07, 6.45) is 1.17. The number of nitriles is 1. The van der Waals surface area contributed by atoms with E-state index in [9.17, 15) is 13.5 Å². The van der Waals surface area contributed by atoms with Crippen LogP contribution in [0.4, 0.5) is 0 Å². The first kappa shape index (κ1) is 16.1. The van der Waals surface area contributed by atoms with Crippen LogP contribution in [0.3, 0.4) is 0 Å². The number of allylic oxidation sites excluding steroid dienone is 1. The summed E-state index contributed by atoms with van der Waals surface area (Å²) in [7, 11) is -3.81. The lowest BCUT2D eigenvalue weighted by molar-refractivity contribution is 0.474. The molecule has 1 N–H and O–H groups in total. The van der Waals surface area contributed by atoms with E-state index in [0.717, 1.165) is 0 Å². The summed E-state index contributed by atoms with van der Waals surface area (Å²) >= 11 is 5.76. The number of hydrogen-bond donors (Lipinski definition) is 1. The fourth-order valence-electron chi connectivity index (χ4n) is 1.82. The van der Waals surface area contributed by atoms with Crippen molar-refractivity contribution in [1.82, 2.24) is 0 Å². The summed E-state index contributed by atoms with van der Waals surface area (Å²) in [4.78, 5) is -0.399. The zero-order valence-corrected chi connectivity index (χ0v) is 13.0. The third-order valence-corrected chi connectivity index (χ3v) is 4.78. The van der Waals surface area contributed by atoms with E-state index in [2.05, 4.69) is 0 Å². The van der Waals surface area contributed by atoms with Crippen LogP contribution in [-0.2, 0) is 15.6 Å². The van der Waals surface area contributed by atoms with Crippen LogP contribution >= 0.6 is 11.6 Å². The second-order valence-electron chi connectivity index (χ2n) is 4.56. The molecule has 2 rings (SSSR count). The highest BCUT2D eigenvalue weighted by Crippen LogP contribution is 2.23. The number of phenolic OH excluding ortho intramolecular Hbond substituents is 1. The molecule has 0 bridgehead atoms. The Labute approximate surface area is 133 Å². The molecule has 4 nitrogen and oxygen atoms in total. The van der Waals surface area contributed by atoms with E-state index in [1.807, 2.05) is 0 Å². The van der Waals surface area contributed by atoms with Gasteiger partial charge in [-0.05, 0) is 29.8 Å². The molecule has 0 fully saturated rings. The minimum atomic E-state index is -3.81. The molecule has 0 aliphatic heterocycles. The molecule has 0 atom stereocenters. The molecule has 6 heteroatoms. The second kappa shape index (κ2) is 6.65. The molecule has 2 aromatic rings. The zero-order chi connectivity index (χ0) is 16.2. The summed E-state index contributed by atoms with van der Waals surface area (Å²) in [5, 5.41) is 19.3. The van der Waals surface area contributed by atoms with Crippen molar-refractivity contribution in [3.8, 4) is 11.8 Å². The summed E-state index contributed by atoms with van der Waals surface area (Å²) in [5.41, 5.74) is 0.807. The Morgan fingerprint density at radius 1 is 1.18 bits per heavy atom. The Balaban J connectivity index is 2.36. The van der Waals surface area contributed by atoms with Gasteiger partial charge in [0.15, 0.2) is 9.84 Å². The van der Waals surface area contributed by atoms with E-state index in [0.29, 0.717) is 10.6 Å². The molecule has 0 saturated carbocycles. The maximum atomic E-state index is 12.3. The lowest BCUT2D eigenvalue weighted by atomic mass is 10.2. The van der Waals surface area contributed by atoms with Crippen LogP contribution in [0, 0.1) is 11.3 Å². The lowest BCUT2D eigenvalue weighted by Crippen LogP contribution is -2.06. The monoisotopic (exact) mass is 333 g/mol. The normalized spacial score (nSPS) is 11.9. The van der Waals surface area contributed by atoms with E-state index >= 15 is 0 Å². The Hall–Kier alpha value is -2.29. The molecule has 2 aromatic carbocycles. The summed E-state index contributed by atoms with van der Waals surface area (Å²) in [6.45, 7) is 0. The fourth-order valence-corrected chi connectivity index (χ4v) is 3.18. The number of phenols is 1. The molecule has 0 radical (unpaired) electrons. The molecule has 0 heterocycles. The van der Waals surface area contributed by atoms with Gasteiger partial charge in [0.05, 0.1) is 5.75 Å². The average Bonchev–Trinajstić information content (AvgIpc) is 2.48. The number of rotatable bonds is 4. The standard InChI is InChI=1S/C16H12ClNO3S/c17-14-7-5-12(6-8-14)11-22(20,21)15(10-18)9-13-3-1-2-4-16(13)19/h1-9,19H,11H2/b15-9-. The quantitative estimate of drug-likeness (QED) is 0.868. The molecular formula is C16H12ClNO3S. The lowest BCUT2D eigenvalue weighted by Gasteiger charge is -2.04. The van der Waals surface area contributed by atoms with Crippen LogP contribution in [0.1, 0.15) is 11.1 Å². The third kappa shape index (κ3) is 3.88. The Morgan fingerprint density at radius 2 is 1.82 bits per heavy atom. The van der Waals surface area contributed by atoms with Gasteiger partial charge in [-0.1, -0.05) is 41.9 Å². The molecule has 0 spiro atoms. The number of halogens is 1. The number of aromatic hydroxyl groups is 1. The first-order chi connectivity index (χ1) is 10.4. The number of benzene rings is 2. The molecule has 22 heavy (non-hydrogen) atoms. The predicted molar refractivity (Wildman–Crippen MR) is 85.8 cm³/mol. The first-order valence-corrected chi connectivity index (χ1v) is 8.32. The number of para-hydroxylation sites is 1. The molecule has 0 saturated heterocycles. The van der Waals surface area contributed by atoms with Gasteiger partial charge >= 0.3 is 0 Å². The van der Waals surface area contributed by atoms with E-state index in [1.54, 1.807) is 42.5 Å². The Bertz CT molecular complexity index is 850. The summed E-state index contributed by atoms with van der Waals surface area (Å²) in [5.74, 6) is -0.395. The van der Waals surface area contributed by atoms with E-state index in [1.165, 1.54) is 18.2 Å². The molecule has 0 aliphatic rings. The highest BCUT2D eigenvalue weighted by Gasteiger charge is 2.19. The molecule has 0 aromatic heterocycles. The van der Waals surface area contributed by atoms with Gasteiger partial charge in [0, 0.05) is 10.6 Å². The van der Waals surface area contributed by atoms with Gasteiger partial charge in [-0.25, -0.2) is 8.42 Å². The van der Waals surface area contributed by atoms with Gasteiger partial charge in [-0.2, -0.15) is 5.26 Å². The average molecular weight is 334 g/mol. The van der Waals surface area contributed by atoms with Gasteiger partial charge in [-0.15, -0.1) is 0 Å². The largest absolute Gasteiger partial charge is 0.507 e. The van der Waals surface area contributed by atoms with E-state index in [-0.39, 0.29) is 17.1 Å². The minimum Gasteiger partial charge on any atom is -0.507 e. The van der Waals surface area contributed by atoms with Crippen LogP contribution in [0.5, 0.6) is 5.75 Å². The zero-order valence-electron chi connectivity index (χ0n) is 11.4. The van der Waals surface area contributed by atoms with Crippen molar-refractivity contribution in [2.75, 3.05) is 0 Å². The molecule has 0 aliphatic carbocycles. The maximum absolute atomic E-state index is 12.3. The van der Waals surface area contributed by atoms with Crippen LogP contribution in [0.25, 0.3) is 6.08 Å². The van der Waals surface area contributed by atoms with Crippen LogP contribution in [0.15, 0.2) is 53.4 Å². The van der Waals surface area contributed by atoms with Crippen LogP contribution < -0.4 is 0 Å². The Kier molecular flexibility index (Phi) is 4.86. The van der Waals surface area contributed by atoms with Crippen molar-refractivity contribution in [3.63, 3.8) is 0 Å². The summed E-state index contributed by atoms with van der Waals surface area (Å²) < 4.78 is 24.7. The predicted octanol–water partition coefficient (Wildman–Crippen LogP) is 3.53. The smallest absolute Gasteiger partial charge is 0.192 e. The molecule has 0 unspecified atom stereocenters. The topological polar surface area (TPSA) is 78.2 Å². The van der Waals surface area contributed by atoms with Gasteiger partial charge in [0.2, 0.25) is 0 Å². The Morgan fingerprint density at radius 3 is 2.41 bits per heavy atom. The second-order valence-corrected chi connectivity index (χ2v) is 6.96.